The van der Waals surface area contributed by atoms with Crippen molar-refractivity contribution in [1.82, 2.24) is 14.9 Å². The molecule has 37 heavy (non-hydrogen) atoms. The second-order valence-electron chi connectivity index (χ2n) is 10.7. The summed E-state index contributed by atoms with van der Waals surface area (Å²) in [6.45, 7) is 11.1. The van der Waals surface area contributed by atoms with Crippen molar-refractivity contribution in [1.29, 1.82) is 0 Å². The monoisotopic (exact) mass is 498 g/mol. The van der Waals surface area contributed by atoms with Crippen molar-refractivity contribution in [2.45, 2.75) is 52.0 Å². The van der Waals surface area contributed by atoms with E-state index in [1.54, 1.807) is 0 Å². The molecule has 1 fully saturated rings. The van der Waals surface area contributed by atoms with Crippen molar-refractivity contribution in [3.63, 3.8) is 0 Å². The van der Waals surface area contributed by atoms with E-state index < -0.39 is 0 Å². The number of Topliss-reactive ketones (excluding diaryl/α,β-unsaturated/α-hetero) is 1. The molecule has 1 atom stereocenters. The molecule has 3 heterocycles. The number of ketones is 1. The summed E-state index contributed by atoms with van der Waals surface area (Å²) in [6.07, 6.45) is 1.30. The van der Waals surface area contributed by atoms with E-state index in [1.165, 1.54) is 16.7 Å². The van der Waals surface area contributed by atoms with Crippen LogP contribution in [0.25, 0.3) is 0 Å². The molecule has 0 amide bonds. The number of anilines is 1. The first-order valence-corrected chi connectivity index (χ1v) is 13.3. The third kappa shape index (κ3) is 4.80. The molecule has 2 aromatic carbocycles. The highest BCUT2D eigenvalue weighted by atomic mass is 16.7. The fourth-order valence-electron chi connectivity index (χ4n) is 5.69. The van der Waals surface area contributed by atoms with Crippen LogP contribution in [0.3, 0.4) is 0 Å². The quantitative estimate of drug-likeness (QED) is 0.497. The third-order valence-electron chi connectivity index (χ3n) is 7.88. The summed E-state index contributed by atoms with van der Waals surface area (Å²) in [4.78, 5) is 27.6. The zero-order valence-electron chi connectivity index (χ0n) is 21.9. The minimum Gasteiger partial charge on any atom is -0.454 e. The summed E-state index contributed by atoms with van der Waals surface area (Å²) in [6, 6.07) is 14.9. The van der Waals surface area contributed by atoms with Gasteiger partial charge in [-0.15, -0.1) is 0 Å². The van der Waals surface area contributed by atoms with E-state index in [0.717, 1.165) is 73.5 Å². The second-order valence-corrected chi connectivity index (χ2v) is 10.7. The Hall–Kier alpha value is -3.45. The van der Waals surface area contributed by atoms with Gasteiger partial charge in [0.25, 0.3) is 0 Å². The molecule has 0 bridgehead atoms. The van der Waals surface area contributed by atoms with Crippen molar-refractivity contribution < 1.29 is 14.3 Å². The van der Waals surface area contributed by atoms with Crippen LogP contribution < -0.4 is 14.4 Å². The molecule has 2 aliphatic heterocycles. The van der Waals surface area contributed by atoms with Crippen LogP contribution in [0.1, 0.15) is 70.5 Å². The summed E-state index contributed by atoms with van der Waals surface area (Å²) in [7, 11) is 0. The lowest BCUT2D eigenvalue weighted by atomic mass is 9.81. The number of aryl methyl sites for hydroxylation is 1. The van der Waals surface area contributed by atoms with Crippen molar-refractivity contribution in [3.05, 3.63) is 76.1 Å². The molecule has 6 rings (SSSR count). The van der Waals surface area contributed by atoms with Gasteiger partial charge in [-0.2, -0.15) is 0 Å². The van der Waals surface area contributed by atoms with Crippen LogP contribution in [0.15, 0.2) is 42.5 Å². The third-order valence-corrected chi connectivity index (χ3v) is 7.88. The van der Waals surface area contributed by atoms with Gasteiger partial charge in [0.05, 0.1) is 17.0 Å². The van der Waals surface area contributed by atoms with Crippen LogP contribution in [0, 0.1) is 6.92 Å². The van der Waals surface area contributed by atoms with Crippen LogP contribution in [-0.2, 0) is 13.0 Å². The summed E-state index contributed by atoms with van der Waals surface area (Å²) in [5.74, 6) is 3.24. The number of hydrogen-bond acceptors (Lipinski definition) is 7. The van der Waals surface area contributed by atoms with E-state index >= 15 is 0 Å². The number of nitrogens with zero attached hydrogens (tertiary/aromatic N) is 4. The van der Waals surface area contributed by atoms with Crippen LogP contribution in [0.4, 0.5) is 5.95 Å². The van der Waals surface area contributed by atoms with E-state index in [4.69, 9.17) is 19.4 Å². The predicted molar refractivity (Wildman–Crippen MR) is 143 cm³/mol. The molecule has 0 radical (unpaired) electrons. The highest BCUT2D eigenvalue weighted by Crippen LogP contribution is 2.35. The average molecular weight is 499 g/mol. The average Bonchev–Trinajstić information content (AvgIpc) is 3.37. The van der Waals surface area contributed by atoms with Crippen LogP contribution in [0.2, 0.25) is 0 Å². The summed E-state index contributed by atoms with van der Waals surface area (Å²) < 4.78 is 11.0. The summed E-state index contributed by atoms with van der Waals surface area (Å²) >= 11 is 0. The smallest absolute Gasteiger partial charge is 0.231 e. The molecule has 192 valence electrons. The number of benzene rings is 2. The molecule has 1 aromatic heterocycles. The van der Waals surface area contributed by atoms with Crippen molar-refractivity contribution in [2.24, 2.45) is 0 Å². The molecule has 3 aromatic rings. The van der Waals surface area contributed by atoms with Gasteiger partial charge >= 0.3 is 0 Å². The van der Waals surface area contributed by atoms with Crippen molar-refractivity contribution >= 4 is 11.7 Å². The maximum atomic E-state index is 13.1. The molecule has 0 saturated carbocycles. The van der Waals surface area contributed by atoms with Gasteiger partial charge in [0.2, 0.25) is 12.7 Å². The number of carbonyl (C=O) groups excluding carboxylic acids is 1. The van der Waals surface area contributed by atoms with Gasteiger partial charge in [-0.05, 0) is 54.0 Å². The molecule has 7 nitrogen and oxygen atoms in total. The van der Waals surface area contributed by atoms with Gasteiger partial charge in [0, 0.05) is 39.1 Å². The molecule has 0 N–H and O–H groups in total. The van der Waals surface area contributed by atoms with Gasteiger partial charge in [0.1, 0.15) is 0 Å². The number of piperazine rings is 1. The molecule has 0 unspecified atom stereocenters. The molecular weight excluding hydrogens is 464 g/mol. The lowest BCUT2D eigenvalue weighted by Gasteiger charge is -2.35. The Labute approximate surface area is 218 Å². The zero-order valence-corrected chi connectivity index (χ0v) is 21.9. The lowest BCUT2D eigenvalue weighted by molar-refractivity contribution is 0.0962. The molecule has 3 aliphatic rings. The van der Waals surface area contributed by atoms with Crippen molar-refractivity contribution in [3.8, 4) is 11.5 Å². The van der Waals surface area contributed by atoms with Gasteiger partial charge in [-0.1, -0.05) is 44.2 Å². The maximum Gasteiger partial charge on any atom is 0.231 e. The van der Waals surface area contributed by atoms with Crippen LogP contribution >= 0.6 is 0 Å². The standard InChI is InChI=1S/C30H34N4O3/c1-19(2)22-5-7-23(8-6-22)24-15-25-29(26(35)16-24)20(3)31-30(32-25)34-12-10-33(11-13-34)17-21-4-9-27-28(14-21)37-18-36-27/h4-9,14,19,24H,10-13,15-18H2,1-3H3/t24-/m1/s1. The first kappa shape index (κ1) is 23.9. The number of hydrogen-bond donors (Lipinski definition) is 0. The number of carbonyl (C=O) groups is 1. The van der Waals surface area contributed by atoms with E-state index in [-0.39, 0.29) is 11.7 Å². The van der Waals surface area contributed by atoms with E-state index in [9.17, 15) is 4.79 Å². The van der Waals surface area contributed by atoms with E-state index in [1.807, 2.05) is 13.0 Å². The second kappa shape index (κ2) is 9.78. The van der Waals surface area contributed by atoms with E-state index in [0.29, 0.717) is 19.1 Å². The predicted octanol–water partition coefficient (Wildman–Crippen LogP) is 4.87. The fourth-order valence-corrected chi connectivity index (χ4v) is 5.69. The Morgan fingerprint density at radius 2 is 1.70 bits per heavy atom. The van der Waals surface area contributed by atoms with E-state index in [2.05, 4.69) is 60.0 Å². The lowest BCUT2D eigenvalue weighted by Crippen LogP contribution is -2.46. The zero-order chi connectivity index (χ0) is 25.5. The highest BCUT2D eigenvalue weighted by molar-refractivity contribution is 5.99. The van der Waals surface area contributed by atoms with Gasteiger partial charge < -0.3 is 14.4 Å². The highest BCUT2D eigenvalue weighted by Gasteiger charge is 2.31. The Balaban J connectivity index is 1.14. The van der Waals surface area contributed by atoms with Crippen LogP contribution in [0.5, 0.6) is 11.5 Å². The molecule has 1 saturated heterocycles. The topological polar surface area (TPSA) is 67.8 Å². The molecule has 0 spiro atoms. The minimum atomic E-state index is 0.164. The molecular formula is C30H34N4O3. The number of rotatable bonds is 5. The minimum absolute atomic E-state index is 0.164. The summed E-state index contributed by atoms with van der Waals surface area (Å²) in [5, 5.41) is 0. The molecule has 7 heteroatoms. The van der Waals surface area contributed by atoms with Crippen molar-refractivity contribution in [2.75, 3.05) is 37.9 Å². The Kier molecular flexibility index (Phi) is 6.32. The number of aromatic nitrogens is 2. The van der Waals surface area contributed by atoms with Gasteiger partial charge in [-0.3, -0.25) is 9.69 Å². The Morgan fingerprint density at radius 3 is 2.46 bits per heavy atom. The fraction of sp³-hybridized carbons (Fsp3) is 0.433. The largest absolute Gasteiger partial charge is 0.454 e. The number of fused-ring (bicyclic) bond motifs is 2. The molecule has 1 aliphatic carbocycles. The first-order valence-electron chi connectivity index (χ1n) is 13.3. The normalized spacial score (nSPS) is 19.4. The number of ether oxygens (including phenoxy) is 2. The van der Waals surface area contributed by atoms with Gasteiger partial charge in [0.15, 0.2) is 17.3 Å². The van der Waals surface area contributed by atoms with Crippen LogP contribution in [-0.4, -0.2) is 53.6 Å². The SMILES string of the molecule is Cc1nc(N2CCN(Cc3ccc4c(c3)OCO4)CC2)nc2c1C(=O)C[C@H](c1ccc(C(C)C)cc1)C2. The Bertz CT molecular complexity index is 1310. The first-order chi connectivity index (χ1) is 17.9. The maximum absolute atomic E-state index is 13.1. The summed E-state index contributed by atoms with van der Waals surface area (Å²) in [5.41, 5.74) is 6.22. The Morgan fingerprint density at radius 1 is 0.946 bits per heavy atom. The van der Waals surface area contributed by atoms with Gasteiger partial charge in [-0.25, -0.2) is 9.97 Å².